The fraction of sp³-hybridized carbons (Fsp3) is 0.750. The first-order valence-electron chi connectivity index (χ1n) is 6.29. The highest BCUT2D eigenvalue weighted by molar-refractivity contribution is 7.13. The Morgan fingerprint density at radius 2 is 2.24 bits per heavy atom. The lowest BCUT2D eigenvalue weighted by molar-refractivity contribution is 0.199. The predicted molar refractivity (Wildman–Crippen MR) is 71.8 cm³/mol. The molecular weight excluding hydrogens is 234 g/mol. The molecule has 2 heterocycles. The minimum atomic E-state index is 0.753. The minimum Gasteiger partial charge on any atom is -0.383 e. The van der Waals surface area contributed by atoms with Crippen LogP contribution in [0, 0.1) is 0 Å². The van der Waals surface area contributed by atoms with Gasteiger partial charge in [0, 0.05) is 38.7 Å². The summed E-state index contributed by atoms with van der Waals surface area (Å²) >= 11 is 1.76. The summed E-state index contributed by atoms with van der Waals surface area (Å²) in [4.78, 5) is 7.08. The third-order valence-electron chi connectivity index (χ3n) is 2.96. The van der Waals surface area contributed by atoms with E-state index in [9.17, 15) is 0 Å². The van der Waals surface area contributed by atoms with E-state index in [-0.39, 0.29) is 0 Å². The SMILES string of the molecule is COCCNCc1csc(N2CCCCC2)n1. The highest BCUT2D eigenvalue weighted by Gasteiger charge is 2.13. The van der Waals surface area contributed by atoms with E-state index < -0.39 is 0 Å². The molecule has 0 amide bonds. The van der Waals surface area contributed by atoms with Crippen molar-refractivity contribution in [3.63, 3.8) is 0 Å². The molecule has 0 aliphatic carbocycles. The van der Waals surface area contributed by atoms with Gasteiger partial charge in [-0.15, -0.1) is 11.3 Å². The van der Waals surface area contributed by atoms with Crippen LogP contribution in [-0.4, -0.2) is 38.3 Å². The van der Waals surface area contributed by atoms with E-state index in [1.807, 2.05) is 0 Å². The monoisotopic (exact) mass is 255 g/mol. The van der Waals surface area contributed by atoms with Crippen molar-refractivity contribution in [3.05, 3.63) is 11.1 Å². The normalized spacial score (nSPS) is 16.4. The van der Waals surface area contributed by atoms with E-state index in [0.717, 1.165) is 25.4 Å². The van der Waals surface area contributed by atoms with Crippen molar-refractivity contribution < 1.29 is 4.74 Å². The van der Waals surface area contributed by atoms with Crippen molar-refractivity contribution in [1.29, 1.82) is 0 Å². The van der Waals surface area contributed by atoms with E-state index >= 15 is 0 Å². The fourth-order valence-electron chi connectivity index (χ4n) is 2.00. The van der Waals surface area contributed by atoms with Gasteiger partial charge < -0.3 is 15.0 Å². The van der Waals surface area contributed by atoms with Crippen molar-refractivity contribution in [3.8, 4) is 0 Å². The second-order valence-electron chi connectivity index (χ2n) is 4.34. The van der Waals surface area contributed by atoms with Crippen LogP contribution in [0.1, 0.15) is 25.0 Å². The fourth-order valence-corrected chi connectivity index (χ4v) is 2.88. The molecule has 1 aromatic heterocycles. The Morgan fingerprint density at radius 1 is 1.41 bits per heavy atom. The number of nitrogens with one attached hydrogen (secondary N) is 1. The number of aromatic nitrogens is 1. The summed E-state index contributed by atoms with van der Waals surface area (Å²) in [6.07, 6.45) is 3.98. The van der Waals surface area contributed by atoms with Crippen LogP contribution in [-0.2, 0) is 11.3 Å². The van der Waals surface area contributed by atoms with E-state index in [4.69, 9.17) is 4.74 Å². The van der Waals surface area contributed by atoms with Gasteiger partial charge in [0.25, 0.3) is 0 Å². The Bertz CT molecular complexity index is 323. The van der Waals surface area contributed by atoms with Gasteiger partial charge >= 0.3 is 0 Å². The van der Waals surface area contributed by atoms with Gasteiger partial charge in [-0.2, -0.15) is 0 Å². The van der Waals surface area contributed by atoms with Gasteiger partial charge in [0.15, 0.2) is 5.13 Å². The quantitative estimate of drug-likeness (QED) is 0.788. The highest BCUT2D eigenvalue weighted by atomic mass is 32.1. The molecule has 1 aliphatic heterocycles. The Morgan fingerprint density at radius 3 is 3.00 bits per heavy atom. The summed E-state index contributed by atoms with van der Waals surface area (Å²) in [7, 11) is 1.72. The number of hydrogen-bond acceptors (Lipinski definition) is 5. The zero-order valence-corrected chi connectivity index (χ0v) is 11.3. The minimum absolute atomic E-state index is 0.753. The summed E-state index contributed by atoms with van der Waals surface area (Å²) < 4.78 is 4.99. The summed E-state index contributed by atoms with van der Waals surface area (Å²) in [5.74, 6) is 0. The summed E-state index contributed by atoms with van der Waals surface area (Å²) in [6, 6.07) is 0. The van der Waals surface area contributed by atoms with Gasteiger partial charge in [-0.25, -0.2) is 4.98 Å². The second kappa shape index (κ2) is 6.93. The van der Waals surface area contributed by atoms with Gasteiger partial charge in [-0.3, -0.25) is 0 Å². The van der Waals surface area contributed by atoms with Gasteiger partial charge in [0.05, 0.1) is 12.3 Å². The maximum Gasteiger partial charge on any atom is 0.185 e. The smallest absolute Gasteiger partial charge is 0.185 e. The van der Waals surface area contributed by atoms with Crippen molar-refractivity contribution in [1.82, 2.24) is 10.3 Å². The molecule has 0 bridgehead atoms. The average Bonchev–Trinajstić information content (AvgIpc) is 2.85. The van der Waals surface area contributed by atoms with Crippen molar-refractivity contribution >= 4 is 16.5 Å². The molecule has 1 fully saturated rings. The van der Waals surface area contributed by atoms with Crippen LogP contribution in [0.4, 0.5) is 5.13 Å². The molecule has 4 nitrogen and oxygen atoms in total. The van der Waals surface area contributed by atoms with Gasteiger partial charge in [-0.05, 0) is 19.3 Å². The lowest BCUT2D eigenvalue weighted by Gasteiger charge is -2.25. The maximum absolute atomic E-state index is 4.99. The first kappa shape index (κ1) is 12.8. The average molecular weight is 255 g/mol. The third-order valence-corrected chi connectivity index (χ3v) is 3.91. The molecule has 0 atom stereocenters. The van der Waals surface area contributed by atoms with Crippen molar-refractivity contribution in [2.24, 2.45) is 0 Å². The molecule has 5 heteroatoms. The van der Waals surface area contributed by atoms with Gasteiger partial charge in [0.2, 0.25) is 0 Å². The number of anilines is 1. The number of nitrogens with zero attached hydrogens (tertiary/aromatic N) is 2. The Kier molecular flexibility index (Phi) is 5.22. The molecule has 0 saturated carbocycles. The molecule has 0 aromatic carbocycles. The molecule has 96 valence electrons. The molecule has 0 unspecified atom stereocenters. The van der Waals surface area contributed by atoms with Gasteiger partial charge in [-0.1, -0.05) is 0 Å². The number of thiazole rings is 1. The predicted octanol–water partition coefficient (Wildman–Crippen LogP) is 1.87. The first-order valence-corrected chi connectivity index (χ1v) is 7.17. The molecule has 1 saturated heterocycles. The zero-order valence-electron chi connectivity index (χ0n) is 10.4. The van der Waals surface area contributed by atoms with E-state index in [0.29, 0.717) is 0 Å². The lowest BCUT2D eigenvalue weighted by atomic mass is 10.1. The summed E-state index contributed by atoms with van der Waals surface area (Å²) in [5, 5.41) is 6.66. The third kappa shape index (κ3) is 3.94. The van der Waals surface area contributed by atoms with Crippen LogP contribution in [0.3, 0.4) is 0 Å². The zero-order chi connectivity index (χ0) is 11.9. The standard InChI is InChI=1S/C12H21N3OS/c1-16-8-5-13-9-11-10-17-12(14-11)15-6-3-2-4-7-15/h10,13H,2-9H2,1H3. The number of rotatable bonds is 6. The first-order chi connectivity index (χ1) is 8.40. The number of piperidine rings is 1. The lowest BCUT2D eigenvalue weighted by Crippen LogP contribution is -2.29. The molecule has 1 aliphatic rings. The number of ether oxygens (including phenoxy) is 1. The van der Waals surface area contributed by atoms with Crippen LogP contribution < -0.4 is 10.2 Å². The Labute approximate surface area is 107 Å². The van der Waals surface area contributed by atoms with Crippen molar-refractivity contribution in [2.75, 3.05) is 38.3 Å². The second-order valence-corrected chi connectivity index (χ2v) is 5.18. The number of hydrogen-bond donors (Lipinski definition) is 1. The largest absolute Gasteiger partial charge is 0.383 e. The molecule has 0 radical (unpaired) electrons. The van der Waals surface area contributed by atoms with Crippen LogP contribution >= 0.6 is 11.3 Å². The molecule has 1 N–H and O–H groups in total. The van der Waals surface area contributed by atoms with Crippen molar-refractivity contribution in [2.45, 2.75) is 25.8 Å². The molecule has 17 heavy (non-hydrogen) atoms. The van der Waals surface area contributed by atoms with Crippen LogP contribution in [0.15, 0.2) is 5.38 Å². The van der Waals surface area contributed by atoms with E-state index in [2.05, 4.69) is 20.6 Å². The number of methoxy groups -OCH3 is 1. The molecular formula is C12H21N3OS. The molecule has 0 spiro atoms. The topological polar surface area (TPSA) is 37.4 Å². The summed E-state index contributed by atoms with van der Waals surface area (Å²) in [6.45, 7) is 4.82. The Balaban J connectivity index is 1.78. The van der Waals surface area contributed by atoms with Crippen LogP contribution in [0.25, 0.3) is 0 Å². The highest BCUT2D eigenvalue weighted by Crippen LogP contribution is 2.23. The Hall–Kier alpha value is -0.650. The molecule has 2 rings (SSSR count). The van der Waals surface area contributed by atoms with E-state index in [1.165, 1.54) is 37.5 Å². The van der Waals surface area contributed by atoms with E-state index in [1.54, 1.807) is 18.4 Å². The van der Waals surface area contributed by atoms with Crippen LogP contribution in [0.5, 0.6) is 0 Å². The van der Waals surface area contributed by atoms with Crippen LogP contribution in [0.2, 0.25) is 0 Å². The van der Waals surface area contributed by atoms with Gasteiger partial charge in [0.1, 0.15) is 0 Å². The molecule has 1 aromatic rings. The maximum atomic E-state index is 4.99. The summed E-state index contributed by atoms with van der Waals surface area (Å²) in [5.41, 5.74) is 1.15.